The van der Waals surface area contributed by atoms with Crippen LogP contribution < -0.4 is 10.6 Å². The summed E-state index contributed by atoms with van der Waals surface area (Å²) in [5.41, 5.74) is 0.999. The van der Waals surface area contributed by atoms with Crippen LogP contribution in [0.3, 0.4) is 0 Å². The van der Waals surface area contributed by atoms with Gasteiger partial charge in [-0.05, 0) is 55.6 Å². The number of aliphatic hydroxyl groups is 1. The summed E-state index contributed by atoms with van der Waals surface area (Å²) in [5, 5.41) is 18.1. The van der Waals surface area contributed by atoms with Crippen LogP contribution in [0.5, 0.6) is 0 Å². The molecule has 0 spiro atoms. The number of thiazole rings is 1. The zero-order chi connectivity index (χ0) is 21.6. The molecule has 4 rings (SSSR count). The van der Waals surface area contributed by atoms with Crippen molar-refractivity contribution in [3.63, 3.8) is 0 Å². The van der Waals surface area contributed by atoms with E-state index < -0.39 is 6.10 Å². The zero-order valence-electron chi connectivity index (χ0n) is 18.2. The van der Waals surface area contributed by atoms with Crippen molar-refractivity contribution in [3.8, 4) is 0 Å². The van der Waals surface area contributed by atoms with Crippen molar-refractivity contribution in [2.45, 2.75) is 70.9 Å². The molecule has 166 valence electrons. The highest BCUT2D eigenvalue weighted by Crippen LogP contribution is 2.57. The van der Waals surface area contributed by atoms with Gasteiger partial charge in [-0.25, -0.2) is 4.98 Å². The molecule has 2 saturated carbocycles. The van der Waals surface area contributed by atoms with Crippen LogP contribution in [0.1, 0.15) is 62.9 Å². The average molecular weight is 452 g/mol. The van der Waals surface area contributed by atoms with Crippen LogP contribution in [0.15, 0.2) is 0 Å². The molecule has 30 heavy (non-hydrogen) atoms. The fourth-order valence-electron chi connectivity index (χ4n) is 5.64. The van der Waals surface area contributed by atoms with Gasteiger partial charge in [0.2, 0.25) is 11.8 Å². The van der Waals surface area contributed by atoms with E-state index >= 15 is 0 Å². The number of hydrogen-bond donors (Lipinski definition) is 3. The van der Waals surface area contributed by atoms with Crippen LogP contribution in [0.25, 0.3) is 0 Å². The maximum atomic E-state index is 12.6. The summed E-state index contributed by atoms with van der Waals surface area (Å²) >= 11 is 3.07. The van der Waals surface area contributed by atoms with E-state index in [0.29, 0.717) is 16.9 Å². The van der Waals surface area contributed by atoms with Gasteiger partial charge in [-0.15, -0.1) is 11.3 Å². The maximum absolute atomic E-state index is 12.6. The Kier molecular flexibility index (Phi) is 6.21. The van der Waals surface area contributed by atoms with Crippen molar-refractivity contribution in [1.29, 1.82) is 0 Å². The van der Waals surface area contributed by atoms with E-state index in [1.54, 1.807) is 11.3 Å². The lowest BCUT2D eigenvalue weighted by Crippen LogP contribution is -2.53. The van der Waals surface area contributed by atoms with Gasteiger partial charge in [0.25, 0.3) is 0 Å². The molecule has 6 unspecified atom stereocenters. The molecule has 0 aromatic carbocycles. The first-order chi connectivity index (χ1) is 14.2. The lowest BCUT2D eigenvalue weighted by molar-refractivity contribution is -0.134. The summed E-state index contributed by atoms with van der Waals surface area (Å²) in [4.78, 5) is 30.6. The molecule has 3 aliphatic carbocycles. The molecular weight excluding hydrogens is 418 g/mol. The highest BCUT2D eigenvalue weighted by Gasteiger charge is 2.54. The molecular formula is C22H33N3O3S2. The van der Waals surface area contributed by atoms with E-state index in [1.807, 2.05) is 13.2 Å². The van der Waals surface area contributed by atoms with Gasteiger partial charge < -0.3 is 15.7 Å². The molecule has 0 radical (unpaired) electrons. The predicted octanol–water partition coefficient (Wildman–Crippen LogP) is 3.41. The molecule has 6 atom stereocenters. The van der Waals surface area contributed by atoms with Gasteiger partial charge >= 0.3 is 0 Å². The van der Waals surface area contributed by atoms with E-state index in [2.05, 4.69) is 24.5 Å². The minimum absolute atomic E-state index is 0.0118. The third-order valence-corrected chi connectivity index (χ3v) is 8.96. The number of carbonyl (C=O) groups excluding carboxylic acids is 2. The number of carbonyl (C=O) groups is 2. The molecule has 8 heteroatoms. The zero-order valence-corrected chi connectivity index (χ0v) is 19.9. The van der Waals surface area contributed by atoms with E-state index in [1.165, 1.54) is 16.6 Å². The SMILES string of the molecule is CSCC(=O)Nc1nc2c(s1)CC1(C)CCC(C(C)C(=O)NC3CC3)C(O)C1C2C. The second-order valence-corrected chi connectivity index (χ2v) is 11.7. The van der Waals surface area contributed by atoms with Gasteiger partial charge in [-0.1, -0.05) is 20.8 Å². The number of hydrogen-bond acceptors (Lipinski definition) is 6. The minimum Gasteiger partial charge on any atom is -0.392 e. The van der Waals surface area contributed by atoms with E-state index in [0.717, 1.165) is 37.8 Å². The second kappa shape index (κ2) is 8.43. The number of rotatable bonds is 6. The number of aliphatic hydroxyl groups excluding tert-OH is 1. The summed E-state index contributed by atoms with van der Waals surface area (Å²) in [7, 11) is 0. The third kappa shape index (κ3) is 4.15. The van der Waals surface area contributed by atoms with Crippen LogP contribution in [-0.2, 0) is 16.0 Å². The smallest absolute Gasteiger partial charge is 0.236 e. The van der Waals surface area contributed by atoms with E-state index in [9.17, 15) is 14.7 Å². The van der Waals surface area contributed by atoms with Crippen LogP contribution in [-0.4, -0.2) is 46.1 Å². The van der Waals surface area contributed by atoms with Gasteiger partial charge in [0.05, 0.1) is 17.6 Å². The molecule has 0 saturated heterocycles. The molecule has 0 bridgehead atoms. The van der Waals surface area contributed by atoms with Crippen molar-refractivity contribution >= 4 is 40.0 Å². The van der Waals surface area contributed by atoms with Crippen LogP contribution in [0.2, 0.25) is 0 Å². The Morgan fingerprint density at radius 3 is 2.77 bits per heavy atom. The third-order valence-electron chi connectivity index (χ3n) is 7.42. The number of fused-ring (bicyclic) bond motifs is 2. The van der Waals surface area contributed by atoms with E-state index in [4.69, 9.17) is 4.98 Å². The molecule has 6 nitrogen and oxygen atoms in total. The van der Waals surface area contributed by atoms with E-state index in [-0.39, 0.29) is 40.9 Å². The standard InChI is InChI=1S/C22H33N3O3S2/c1-11(20(28)23-13-5-6-13)14-7-8-22(3)9-15-18(12(2)17(22)19(14)27)25-21(30-15)24-16(26)10-29-4/h11-14,17,19,27H,5-10H2,1-4H3,(H,23,28)(H,24,25,26). The first-order valence-corrected chi connectivity index (χ1v) is 13.2. The van der Waals surface area contributed by atoms with Crippen LogP contribution in [0, 0.1) is 23.2 Å². The van der Waals surface area contributed by atoms with Gasteiger partial charge in [-0.2, -0.15) is 11.8 Å². The Hall–Kier alpha value is -1.12. The molecule has 2 amide bonds. The first kappa shape index (κ1) is 22.1. The first-order valence-electron chi connectivity index (χ1n) is 11.0. The summed E-state index contributed by atoms with van der Waals surface area (Å²) in [6.45, 7) is 6.39. The number of amides is 2. The maximum Gasteiger partial charge on any atom is 0.236 e. The molecule has 1 heterocycles. The number of aromatic nitrogens is 1. The predicted molar refractivity (Wildman–Crippen MR) is 122 cm³/mol. The highest BCUT2D eigenvalue weighted by atomic mass is 32.2. The quantitative estimate of drug-likeness (QED) is 0.617. The minimum atomic E-state index is -0.525. The number of nitrogens with one attached hydrogen (secondary N) is 2. The Labute approximate surface area is 187 Å². The Bertz CT molecular complexity index is 825. The molecule has 3 aliphatic rings. The second-order valence-electron chi connectivity index (χ2n) is 9.72. The molecule has 1 aromatic heterocycles. The molecule has 2 fully saturated rings. The summed E-state index contributed by atoms with van der Waals surface area (Å²) in [5.74, 6) is 0.430. The molecule has 0 aliphatic heterocycles. The average Bonchev–Trinajstić information content (AvgIpc) is 3.39. The Balaban J connectivity index is 1.53. The Morgan fingerprint density at radius 1 is 1.37 bits per heavy atom. The topological polar surface area (TPSA) is 91.3 Å². The fraction of sp³-hybridized carbons (Fsp3) is 0.773. The lowest BCUT2D eigenvalue weighted by atomic mass is 9.53. The molecule has 3 N–H and O–H groups in total. The van der Waals surface area contributed by atoms with Crippen molar-refractivity contribution in [2.75, 3.05) is 17.3 Å². The summed E-state index contributed by atoms with van der Waals surface area (Å²) in [6, 6.07) is 0.344. The number of thioether (sulfide) groups is 1. The number of nitrogens with zero attached hydrogens (tertiary/aromatic N) is 1. The number of anilines is 1. The monoisotopic (exact) mass is 451 g/mol. The normalized spacial score (nSPS) is 33.9. The van der Waals surface area contributed by atoms with Gasteiger partial charge in [0.15, 0.2) is 5.13 Å². The van der Waals surface area contributed by atoms with Crippen molar-refractivity contribution in [3.05, 3.63) is 10.6 Å². The van der Waals surface area contributed by atoms with Gasteiger partial charge in [0.1, 0.15) is 0 Å². The largest absolute Gasteiger partial charge is 0.392 e. The summed E-state index contributed by atoms with van der Waals surface area (Å²) in [6.07, 6.45) is 6.27. The Morgan fingerprint density at radius 2 is 2.10 bits per heavy atom. The van der Waals surface area contributed by atoms with Crippen LogP contribution >= 0.6 is 23.1 Å². The van der Waals surface area contributed by atoms with Crippen molar-refractivity contribution < 1.29 is 14.7 Å². The van der Waals surface area contributed by atoms with Crippen molar-refractivity contribution in [1.82, 2.24) is 10.3 Å². The highest BCUT2D eigenvalue weighted by molar-refractivity contribution is 7.99. The van der Waals surface area contributed by atoms with Gasteiger partial charge in [0, 0.05) is 22.8 Å². The summed E-state index contributed by atoms with van der Waals surface area (Å²) < 4.78 is 0. The van der Waals surface area contributed by atoms with Crippen LogP contribution in [0.4, 0.5) is 5.13 Å². The fourth-order valence-corrected chi connectivity index (χ4v) is 7.26. The van der Waals surface area contributed by atoms with Crippen molar-refractivity contribution in [2.24, 2.45) is 23.2 Å². The molecule has 1 aromatic rings. The lowest BCUT2D eigenvalue weighted by Gasteiger charge is -2.53. The van der Waals surface area contributed by atoms with Gasteiger partial charge in [-0.3, -0.25) is 9.59 Å².